The first-order valence-electron chi connectivity index (χ1n) is 4.54. The number of hydrogen-bond donors (Lipinski definition) is 2. The number of nitrogen functional groups attached to an aromatic ring is 1. The second-order valence-corrected chi connectivity index (χ2v) is 3.47. The van der Waals surface area contributed by atoms with Crippen molar-refractivity contribution in [3.8, 4) is 0 Å². The van der Waals surface area contributed by atoms with Crippen LogP contribution in [0.25, 0.3) is 0 Å². The number of carboxylic acids is 1. The van der Waals surface area contributed by atoms with Crippen LogP contribution in [-0.2, 0) is 0 Å². The van der Waals surface area contributed by atoms with Crippen molar-refractivity contribution in [2.24, 2.45) is 0 Å². The SMILES string of the molecule is Nc1nc(C(=O)O)cc(C2CCC2)n1. The second kappa shape index (κ2) is 3.25. The predicted molar refractivity (Wildman–Crippen MR) is 50.0 cm³/mol. The van der Waals surface area contributed by atoms with Crippen molar-refractivity contribution in [3.05, 3.63) is 17.5 Å². The smallest absolute Gasteiger partial charge is 0.354 e. The van der Waals surface area contributed by atoms with Gasteiger partial charge in [-0.05, 0) is 18.9 Å². The topological polar surface area (TPSA) is 89.1 Å². The maximum absolute atomic E-state index is 10.7. The minimum Gasteiger partial charge on any atom is -0.477 e. The lowest BCUT2D eigenvalue weighted by Crippen LogP contribution is -2.14. The third-order valence-electron chi connectivity index (χ3n) is 2.51. The second-order valence-electron chi connectivity index (χ2n) is 3.47. The predicted octanol–water partition coefficient (Wildman–Crippen LogP) is 1.02. The largest absolute Gasteiger partial charge is 0.477 e. The third kappa shape index (κ3) is 1.53. The fourth-order valence-electron chi connectivity index (χ4n) is 1.51. The van der Waals surface area contributed by atoms with Crippen molar-refractivity contribution in [2.75, 3.05) is 5.73 Å². The maximum Gasteiger partial charge on any atom is 0.354 e. The lowest BCUT2D eigenvalue weighted by molar-refractivity contribution is 0.0690. The van der Waals surface area contributed by atoms with Crippen LogP contribution in [0.2, 0.25) is 0 Å². The highest BCUT2D eigenvalue weighted by Crippen LogP contribution is 2.35. The van der Waals surface area contributed by atoms with Gasteiger partial charge in [0.15, 0.2) is 5.69 Å². The third-order valence-corrected chi connectivity index (χ3v) is 2.51. The molecule has 14 heavy (non-hydrogen) atoms. The molecule has 0 spiro atoms. The number of rotatable bonds is 2. The standard InChI is InChI=1S/C9H11N3O2/c10-9-11-6(5-2-1-3-5)4-7(12-9)8(13)14/h4-5H,1-3H2,(H,13,14)(H2,10,11,12). The Morgan fingerprint density at radius 1 is 1.50 bits per heavy atom. The molecule has 0 atom stereocenters. The molecule has 1 aromatic heterocycles. The fraction of sp³-hybridized carbons (Fsp3) is 0.444. The molecule has 0 aromatic carbocycles. The molecular formula is C9H11N3O2. The van der Waals surface area contributed by atoms with E-state index in [1.165, 1.54) is 12.5 Å². The maximum atomic E-state index is 10.7. The molecule has 0 aliphatic heterocycles. The van der Waals surface area contributed by atoms with Gasteiger partial charge in [-0.15, -0.1) is 0 Å². The number of aromatic carboxylic acids is 1. The van der Waals surface area contributed by atoms with E-state index < -0.39 is 5.97 Å². The number of hydrogen-bond acceptors (Lipinski definition) is 4. The highest BCUT2D eigenvalue weighted by molar-refractivity contribution is 5.85. The molecule has 2 rings (SSSR count). The monoisotopic (exact) mass is 193 g/mol. The summed E-state index contributed by atoms with van der Waals surface area (Å²) in [6.07, 6.45) is 3.31. The van der Waals surface area contributed by atoms with E-state index in [4.69, 9.17) is 10.8 Å². The Bertz CT molecular complexity index is 374. The van der Waals surface area contributed by atoms with Gasteiger partial charge in [0.1, 0.15) is 0 Å². The number of carboxylic acid groups (broad SMARTS) is 1. The number of nitrogens with two attached hydrogens (primary N) is 1. The van der Waals surface area contributed by atoms with Crippen LogP contribution in [0.3, 0.4) is 0 Å². The Hall–Kier alpha value is -1.65. The lowest BCUT2D eigenvalue weighted by Gasteiger charge is -2.24. The molecule has 0 bridgehead atoms. The van der Waals surface area contributed by atoms with E-state index in [0.29, 0.717) is 5.92 Å². The molecule has 5 heteroatoms. The number of nitrogens with zero attached hydrogens (tertiary/aromatic N) is 2. The van der Waals surface area contributed by atoms with Crippen molar-refractivity contribution >= 4 is 11.9 Å². The van der Waals surface area contributed by atoms with Crippen molar-refractivity contribution in [3.63, 3.8) is 0 Å². The summed E-state index contributed by atoms with van der Waals surface area (Å²) in [6.45, 7) is 0. The normalized spacial score (nSPS) is 16.3. The van der Waals surface area contributed by atoms with Gasteiger partial charge in [0.05, 0.1) is 0 Å². The Morgan fingerprint density at radius 2 is 2.21 bits per heavy atom. The van der Waals surface area contributed by atoms with Crippen LogP contribution < -0.4 is 5.73 Å². The van der Waals surface area contributed by atoms with E-state index in [1.807, 2.05) is 0 Å². The number of aromatic nitrogens is 2. The Morgan fingerprint density at radius 3 is 2.71 bits per heavy atom. The molecule has 1 aliphatic carbocycles. The average Bonchev–Trinajstić information content (AvgIpc) is 1.99. The molecule has 5 nitrogen and oxygen atoms in total. The highest BCUT2D eigenvalue weighted by Gasteiger charge is 2.22. The van der Waals surface area contributed by atoms with Crippen LogP contribution in [0.4, 0.5) is 5.95 Å². The van der Waals surface area contributed by atoms with E-state index in [2.05, 4.69) is 9.97 Å². The van der Waals surface area contributed by atoms with E-state index in [1.54, 1.807) is 0 Å². The van der Waals surface area contributed by atoms with Crippen LogP contribution >= 0.6 is 0 Å². The number of carbonyl (C=O) groups is 1. The fourth-order valence-corrected chi connectivity index (χ4v) is 1.51. The van der Waals surface area contributed by atoms with Crippen LogP contribution in [-0.4, -0.2) is 21.0 Å². The van der Waals surface area contributed by atoms with Crippen LogP contribution in [0.5, 0.6) is 0 Å². The molecule has 1 saturated carbocycles. The quantitative estimate of drug-likeness (QED) is 0.732. The summed E-state index contributed by atoms with van der Waals surface area (Å²) in [6, 6.07) is 1.52. The van der Waals surface area contributed by atoms with E-state index in [0.717, 1.165) is 18.5 Å². The van der Waals surface area contributed by atoms with Crippen LogP contribution in [0, 0.1) is 0 Å². The van der Waals surface area contributed by atoms with Gasteiger partial charge >= 0.3 is 5.97 Å². The van der Waals surface area contributed by atoms with Gasteiger partial charge in [-0.1, -0.05) is 6.42 Å². The summed E-state index contributed by atoms with van der Waals surface area (Å²) in [4.78, 5) is 18.4. The summed E-state index contributed by atoms with van der Waals surface area (Å²) in [7, 11) is 0. The average molecular weight is 193 g/mol. The van der Waals surface area contributed by atoms with Crippen molar-refractivity contribution in [1.82, 2.24) is 9.97 Å². The summed E-state index contributed by atoms with van der Waals surface area (Å²) in [5, 5.41) is 8.76. The molecule has 0 unspecified atom stereocenters. The first-order valence-corrected chi connectivity index (χ1v) is 4.54. The summed E-state index contributed by atoms with van der Waals surface area (Å²) in [5.41, 5.74) is 6.18. The molecule has 3 N–H and O–H groups in total. The molecule has 1 aromatic rings. The number of anilines is 1. The van der Waals surface area contributed by atoms with Gasteiger partial charge in [-0.3, -0.25) is 0 Å². The Balaban J connectivity index is 2.35. The van der Waals surface area contributed by atoms with Gasteiger partial charge in [0.25, 0.3) is 0 Å². The van der Waals surface area contributed by atoms with Gasteiger partial charge in [0.2, 0.25) is 5.95 Å². The zero-order chi connectivity index (χ0) is 10.1. The first-order chi connectivity index (χ1) is 6.66. The lowest BCUT2D eigenvalue weighted by atomic mass is 9.82. The van der Waals surface area contributed by atoms with Gasteiger partial charge in [-0.2, -0.15) is 0 Å². The minimum atomic E-state index is -1.06. The zero-order valence-electron chi connectivity index (χ0n) is 7.60. The molecule has 74 valence electrons. The molecule has 1 aliphatic rings. The minimum absolute atomic E-state index is 0.0144. The molecule has 0 amide bonds. The van der Waals surface area contributed by atoms with Gasteiger partial charge < -0.3 is 10.8 Å². The van der Waals surface area contributed by atoms with Gasteiger partial charge in [-0.25, -0.2) is 14.8 Å². The van der Waals surface area contributed by atoms with Crippen molar-refractivity contribution in [2.45, 2.75) is 25.2 Å². The highest BCUT2D eigenvalue weighted by atomic mass is 16.4. The molecule has 1 heterocycles. The van der Waals surface area contributed by atoms with E-state index in [9.17, 15) is 4.79 Å². The van der Waals surface area contributed by atoms with Gasteiger partial charge in [0, 0.05) is 11.6 Å². The Labute approximate surface area is 81.0 Å². The van der Waals surface area contributed by atoms with Crippen LogP contribution in [0.15, 0.2) is 6.07 Å². The Kier molecular flexibility index (Phi) is 2.07. The molecule has 0 saturated heterocycles. The summed E-state index contributed by atoms with van der Waals surface area (Å²) < 4.78 is 0. The molecular weight excluding hydrogens is 182 g/mol. The molecule has 1 fully saturated rings. The summed E-state index contributed by atoms with van der Waals surface area (Å²) in [5.74, 6) is -0.634. The van der Waals surface area contributed by atoms with Crippen LogP contribution in [0.1, 0.15) is 41.4 Å². The molecule has 0 radical (unpaired) electrons. The van der Waals surface area contributed by atoms with Crippen molar-refractivity contribution < 1.29 is 9.90 Å². The van der Waals surface area contributed by atoms with Crippen molar-refractivity contribution in [1.29, 1.82) is 0 Å². The summed E-state index contributed by atoms with van der Waals surface area (Å²) >= 11 is 0. The van der Waals surface area contributed by atoms with E-state index in [-0.39, 0.29) is 11.6 Å². The first kappa shape index (κ1) is 8.93. The van der Waals surface area contributed by atoms with E-state index >= 15 is 0 Å². The zero-order valence-corrected chi connectivity index (χ0v) is 7.60.